The van der Waals surface area contributed by atoms with Crippen LogP contribution in [0.3, 0.4) is 0 Å². The Bertz CT molecular complexity index is 1410. The van der Waals surface area contributed by atoms with Gasteiger partial charge >= 0.3 is 0 Å². The van der Waals surface area contributed by atoms with Crippen LogP contribution in [0.25, 0.3) is 0 Å². The predicted molar refractivity (Wildman–Crippen MR) is 305 cm³/mol. The average molecular weight is 1080 g/mol. The molecule has 2 saturated heterocycles. The first-order valence-electron chi connectivity index (χ1n) is 31.2. The van der Waals surface area contributed by atoms with Gasteiger partial charge in [-0.1, -0.05) is 237 Å². The van der Waals surface area contributed by atoms with Gasteiger partial charge in [-0.2, -0.15) is 0 Å². The summed E-state index contributed by atoms with van der Waals surface area (Å²) in [6, 6.07) is -0.822. The van der Waals surface area contributed by atoms with Crippen molar-refractivity contribution in [3.63, 3.8) is 0 Å². The fourth-order valence-corrected chi connectivity index (χ4v) is 10.3. The average Bonchev–Trinajstić information content (AvgIpc) is 3.42. The highest BCUT2D eigenvalue weighted by molar-refractivity contribution is 5.76. The fourth-order valence-electron chi connectivity index (χ4n) is 10.3. The Hall–Kier alpha value is -1.79. The van der Waals surface area contributed by atoms with E-state index in [1.807, 2.05) is 0 Å². The van der Waals surface area contributed by atoms with E-state index in [1.165, 1.54) is 161 Å². The number of nitrogens with one attached hydrogen (secondary N) is 1. The van der Waals surface area contributed by atoms with Gasteiger partial charge < -0.3 is 65.1 Å². The zero-order chi connectivity index (χ0) is 55.3. The lowest BCUT2D eigenvalue weighted by atomic mass is 9.97. The molecule has 0 spiro atoms. The van der Waals surface area contributed by atoms with Crippen LogP contribution >= 0.6 is 0 Å². The summed E-state index contributed by atoms with van der Waals surface area (Å²) in [4.78, 5) is 13.1. The fraction of sp³-hybridized carbons (Fsp3) is 0.887. The molecule has 9 N–H and O–H groups in total. The summed E-state index contributed by atoms with van der Waals surface area (Å²) in [5, 5.41) is 86.6. The van der Waals surface area contributed by atoms with Crippen LogP contribution in [-0.4, -0.2) is 140 Å². The molecular formula is C62H115NO13. The van der Waals surface area contributed by atoms with E-state index in [-0.39, 0.29) is 12.5 Å². The van der Waals surface area contributed by atoms with E-state index in [1.54, 1.807) is 0 Å². The molecule has 0 bridgehead atoms. The van der Waals surface area contributed by atoms with E-state index in [4.69, 9.17) is 18.9 Å². The van der Waals surface area contributed by atoms with E-state index in [2.05, 4.69) is 55.6 Å². The second kappa shape index (κ2) is 48.0. The summed E-state index contributed by atoms with van der Waals surface area (Å²) >= 11 is 0. The van der Waals surface area contributed by atoms with Gasteiger partial charge in [0.15, 0.2) is 12.6 Å². The third kappa shape index (κ3) is 33.1. The van der Waals surface area contributed by atoms with Crippen molar-refractivity contribution in [2.45, 2.75) is 331 Å². The van der Waals surface area contributed by atoms with E-state index in [0.29, 0.717) is 12.8 Å². The van der Waals surface area contributed by atoms with Gasteiger partial charge in [0, 0.05) is 6.42 Å². The molecule has 2 aliphatic heterocycles. The smallest absolute Gasteiger partial charge is 0.220 e. The lowest BCUT2D eigenvalue weighted by Crippen LogP contribution is -2.65. The van der Waals surface area contributed by atoms with E-state index in [0.717, 1.165) is 70.6 Å². The number of amides is 1. The lowest BCUT2D eigenvalue weighted by molar-refractivity contribution is -0.359. The number of hydrogen-bond donors (Lipinski definition) is 9. The molecule has 76 heavy (non-hydrogen) atoms. The first kappa shape index (κ1) is 70.3. The lowest BCUT2D eigenvalue weighted by Gasteiger charge is -2.46. The van der Waals surface area contributed by atoms with Gasteiger partial charge in [-0.25, -0.2) is 0 Å². The molecule has 12 unspecified atom stereocenters. The second-order valence-electron chi connectivity index (χ2n) is 22.2. The minimum atomic E-state index is -1.78. The van der Waals surface area contributed by atoms with E-state index >= 15 is 0 Å². The third-order valence-electron chi connectivity index (χ3n) is 15.4. The maximum atomic E-state index is 13.1. The first-order valence-corrected chi connectivity index (χ1v) is 31.2. The van der Waals surface area contributed by atoms with E-state index < -0.39 is 86.8 Å². The Morgan fingerprint density at radius 2 is 0.868 bits per heavy atom. The predicted octanol–water partition coefficient (Wildman–Crippen LogP) is 11.0. The maximum Gasteiger partial charge on any atom is 0.220 e. The Morgan fingerprint density at radius 1 is 0.474 bits per heavy atom. The number of allylic oxidation sites excluding steroid dienone is 6. The third-order valence-corrected chi connectivity index (χ3v) is 15.4. The van der Waals surface area contributed by atoms with Crippen LogP contribution in [0.2, 0.25) is 0 Å². The van der Waals surface area contributed by atoms with Gasteiger partial charge in [0.2, 0.25) is 5.91 Å². The van der Waals surface area contributed by atoms with Crippen molar-refractivity contribution < 1.29 is 64.6 Å². The molecular weight excluding hydrogens is 967 g/mol. The molecule has 2 rings (SSSR count). The molecule has 446 valence electrons. The maximum absolute atomic E-state index is 13.1. The quantitative estimate of drug-likeness (QED) is 0.0204. The minimum Gasteiger partial charge on any atom is -0.394 e. The number of aliphatic hydroxyl groups excluding tert-OH is 8. The van der Waals surface area contributed by atoms with Gasteiger partial charge in [-0.3, -0.25) is 4.79 Å². The summed E-state index contributed by atoms with van der Waals surface area (Å²) in [6.45, 7) is 2.75. The van der Waals surface area contributed by atoms with Crippen LogP contribution in [-0.2, 0) is 23.7 Å². The number of aliphatic hydroxyl groups is 8. The summed E-state index contributed by atoms with van der Waals surface area (Å²) < 4.78 is 22.7. The van der Waals surface area contributed by atoms with Crippen molar-refractivity contribution >= 4 is 5.91 Å². The number of rotatable bonds is 50. The highest BCUT2D eigenvalue weighted by Crippen LogP contribution is 2.30. The van der Waals surface area contributed by atoms with Crippen LogP contribution in [0, 0.1) is 0 Å². The van der Waals surface area contributed by atoms with Crippen LogP contribution < -0.4 is 5.32 Å². The molecule has 0 aromatic carbocycles. The highest BCUT2D eigenvalue weighted by Gasteiger charge is 2.51. The standard InChI is InChI=1S/C62H115NO13/c1-3-5-7-9-10-11-12-13-14-15-16-17-18-19-20-21-22-23-24-25-26-27-28-29-30-31-32-33-34-35-36-37-38-39-40-42-44-46-54(67)63-50(51(66)45-43-41-8-6-4-2)49-73-61-59(72)57(70)60(53(48-65)75-61)76-62-58(71)56(69)55(68)52(47-64)74-62/h12-13,15-16,18-19,50-53,55-62,64-66,68-72H,3-11,14,17,20-49H2,1-2H3,(H,63,67)/b13-12-,16-15-,19-18-. The molecule has 2 heterocycles. The Kier molecular flexibility index (Phi) is 44.4. The molecule has 14 nitrogen and oxygen atoms in total. The molecule has 1 amide bonds. The molecule has 0 aromatic rings. The van der Waals surface area contributed by atoms with Crippen LogP contribution in [0.5, 0.6) is 0 Å². The molecule has 0 aromatic heterocycles. The number of hydrogen-bond acceptors (Lipinski definition) is 13. The number of ether oxygens (including phenoxy) is 4. The molecule has 12 atom stereocenters. The molecule has 2 aliphatic rings. The number of unbranched alkanes of at least 4 members (excludes halogenated alkanes) is 31. The monoisotopic (exact) mass is 1080 g/mol. The molecule has 0 aliphatic carbocycles. The van der Waals surface area contributed by atoms with Gasteiger partial charge in [0.05, 0.1) is 32.0 Å². The molecule has 0 radical (unpaired) electrons. The molecule has 2 fully saturated rings. The molecule has 0 saturated carbocycles. The normalized spacial score (nSPS) is 25.1. The Balaban J connectivity index is 1.48. The van der Waals surface area contributed by atoms with Gasteiger partial charge in [0.25, 0.3) is 0 Å². The zero-order valence-corrected chi connectivity index (χ0v) is 48.0. The van der Waals surface area contributed by atoms with E-state index in [9.17, 15) is 45.6 Å². The van der Waals surface area contributed by atoms with Crippen molar-refractivity contribution in [2.24, 2.45) is 0 Å². The Morgan fingerprint density at radius 3 is 1.33 bits per heavy atom. The highest BCUT2D eigenvalue weighted by atomic mass is 16.7. The van der Waals surface area contributed by atoms with Gasteiger partial charge in [0.1, 0.15) is 48.8 Å². The topological polar surface area (TPSA) is 228 Å². The van der Waals surface area contributed by atoms with Gasteiger partial charge in [-0.05, 0) is 51.4 Å². The summed E-state index contributed by atoms with van der Waals surface area (Å²) in [7, 11) is 0. The minimum absolute atomic E-state index is 0.211. The largest absolute Gasteiger partial charge is 0.394 e. The van der Waals surface area contributed by atoms with Crippen LogP contribution in [0.15, 0.2) is 36.5 Å². The van der Waals surface area contributed by atoms with Crippen LogP contribution in [0.1, 0.15) is 258 Å². The van der Waals surface area contributed by atoms with Gasteiger partial charge in [-0.15, -0.1) is 0 Å². The van der Waals surface area contributed by atoms with Crippen molar-refractivity contribution in [2.75, 3.05) is 19.8 Å². The van der Waals surface area contributed by atoms with Crippen molar-refractivity contribution in [1.29, 1.82) is 0 Å². The summed E-state index contributed by atoms with van der Waals surface area (Å²) in [5.74, 6) is -0.211. The summed E-state index contributed by atoms with van der Waals surface area (Å²) in [6.07, 6.45) is 42.6. The SMILES string of the molecule is CCCCCCC/C=C\C/C=C\C/C=C\CCCCCCCCCCCCCCCCCCCCCCCCC(=O)NC(COC1OC(CO)C(OC2OC(CO)C(O)C(O)C2O)C(O)C1O)C(O)CCCCCCC. The Labute approximate surface area is 461 Å². The zero-order valence-electron chi connectivity index (χ0n) is 48.0. The first-order chi connectivity index (χ1) is 37.1. The number of carbonyl (C=O) groups is 1. The van der Waals surface area contributed by atoms with Crippen LogP contribution in [0.4, 0.5) is 0 Å². The number of carbonyl (C=O) groups excluding carboxylic acids is 1. The van der Waals surface area contributed by atoms with Crippen molar-refractivity contribution in [3.05, 3.63) is 36.5 Å². The summed E-state index contributed by atoms with van der Waals surface area (Å²) in [5.41, 5.74) is 0. The second-order valence-corrected chi connectivity index (χ2v) is 22.2. The van der Waals surface area contributed by atoms with Crippen molar-refractivity contribution in [3.8, 4) is 0 Å². The molecule has 14 heteroatoms. The van der Waals surface area contributed by atoms with Crippen molar-refractivity contribution in [1.82, 2.24) is 5.32 Å².